The third-order valence-corrected chi connectivity index (χ3v) is 4.72. The number of urea groups is 1. The Morgan fingerprint density at radius 3 is 2.48 bits per heavy atom. The van der Waals surface area contributed by atoms with Crippen molar-refractivity contribution in [2.45, 2.75) is 65.1 Å². The van der Waals surface area contributed by atoms with Crippen LogP contribution < -0.4 is 5.32 Å². The minimum atomic E-state index is -0.218. The van der Waals surface area contributed by atoms with Crippen LogP contribution in [0, 0.1) is 0 Å². The van der Waals surface area contributed by atoms with Crippen LogP contribution in [0.15, 0.2) is 24.5 Å². The van der Waals surface area contributed by atoms with Crippen molar-refractivity contribution in [3.63, 3.8) is 0 Å². The molecule has 1 fully saturated rings. The number of pyridine rings is 1. The third kappa shape index (κ3) is 4.50. The van der Waals surface area contributed by atoms with Gasteiger partial charge in [-0.2, -0.15) is 0 Å². The third-order valence-electron chi connectivity index (χ3n) is 4.72. The number of amides is 3. The lowest BCUT2D eigenvalue weighted by molar-refractivity contribution is -0.131. The first-order valence-electron chi connectivity index (χ1n) is 9.05. The molecule has 1 aliphatic heterocycles. The highest BCUT2D eigenvalue weighted by molar-refractivity contribution is 5.82. The van der Waals surface area contributed by atoms with Gasteiger partial charge >= 0.3 is 6.03 Å². The normalized spacial score (nSPS) is 19.0. The molecule has 3 amide bonds. The van der Waals surface area contributed by atoms with Crippen LogP contribution in [0.3, 0.4) is 0 Å². The minimum absolute atomic E-state index is 0.00354. The quantitative estimate of drug-likeness (QED) is 0.891. The standard InChI is InChI=1S/C19H30N4O2/c1-6-16(14-8-10-20-11-9-14)22(7-2)18(25)21-15-12-17(24)23(13-15)19(3,4)5/h8-11,15-16H,6-7,12-13H2,1-5H3,(H,21,25). The number of carbonyl (C=O) groups excluding carboxylic acids is 2. The highest BCUT2D eigenvalue weighted by Crippen LogP contribution is 2.25. The molecule has 0 aromatic carbocycles. The number of nitrogens with zero attached hydrogens (tertiary/aromatic N) is 3. The Hall–Kier alpha value is -2.11. The van der Waals surface area contributed by atoms with E-state index in [1.165, 1.54) is 0 Å². The average molecular weight is 346 g/mol. The van der Waals surface area contributed by atoms with E-state index < -0.39 is 0 Å². The molecular formula is C19H30N4O2. The van der Waals surface area contributed by atoms with E-state index in [9.17, 15) is 9.59 Å². The van der Waals surface area contributed by atoms with E-state index in [1.54, 1.807) is 12.4 Å². The summed E-state index contributed by atoms with van der Waals surface area (Å²) in [5.74, 6) is 0.0991. The fraction of sp³-hybridized carbons (Fsp3) is 0.632. The van der Waals surface area contributed by atoms with Gasteiger partial charge in [0.15, 0.2) is 0 Å². The van der Waals surface area contributed by atoms with Crippen LogP contribution in [-0.2, 0) is 4.79 Å². The lowest BCUT2D eigenvalue weighted by Crippen LogP contribution is -2.48. The number of carbonyl (C=O) groups is 2. The summed E-state index contributed by atoms with van der Waals surface area (Å²) in [6.45, 7) is 11.3. The van der Waals surface area contributed by atoms with Crippen LogP contribution in [0.4, 0.5) is 4.79 Å². The van der Waals surface area contributed by atoms with Crippen LogP contribution >= 0.6 is 0 Å². The van der Waals surface area contributed by atoms with Gasteiger partial charge in [0.05, 0.1) is 12.1 Å². The number of aromatic nitrogens is 1. The Labute approximate surface area is 150 Å². The molecule has 6 heteroatoms. The van der Waals surface area contributed by atoms with Crippen LogP contribution in [0.25, 0.3) is 0 Å². The SMILES string of the molecule is CCC(c1ccncc1)N(CC)C(=O)NC1CC(=O)N(C(C)(C)C)C1. The van der Waals surface area contributed by atoms with E-state index in [2.05, 4.69) is 17.2 Å². The van der Waals surface area contributed by atoms with Crippen molar-refractivity contribution < 1.29 is 9.59 Å². The zero-order chi connectivity index (χ0) is 18.6. The fourth-order valence-corrected chi connectivity index (χ4v) is 3.44. The van der Waals surface area contributed by atoms with E-state index in [0.29, 0.717) is 19.5 Å². The van der Waals surface area contributed by atoms with E-state index in [-0.39, 0.29) is 29.6 Å². The smallest absolute Gasteiger partial charge is 0.318 e. The number of rotatable bonds is 5. The predicted octanol–water partition coefficient (Wildman–Crippen LogP) is 2.96. The molecule has 1 aromatic rings. The van der Waals surface area contributed by atoms with Crippen molar-refractivity contribution in [1.29, 1.82) is 0 Å². The molecule has 0 spiro atoms. The Morgan fingerprint density at radius 2 is 2.00 bits per heavy atom. The highest BCUT2D eigenvalue weighted by atomic mass is 16.2. The van der Waals surface area contributed by atoms with Crippen molar-refractivity contribution in [2.75, 3.05) is 13.1 Å². The molecule has 138 valence electrons. The maximum absolute atomic E-state index is 12.8. The van der Waals surface area contributed by atoms with Crippen LogP contribution in [0.5, 0.6) is 0 Å². The van der Waals surface area contributed by atoms with Gasteiger partial charge in [0.1, 0.15) is 0 Å². The van der Waals surface area contributed by atoms with Crippen molar-refractivity contribution in [3.05, 3.63) is 30.1 Å². The summed E-state index contributed by atoms with van der Waals surface area (Å²) in [6, 6.07) is 3.65. The van der Waals surface area contributed by atoms with E-state index >= 15 is 0 Å². The van der Waals surface area contributed by atoms with Crippen molar-refractivity contribution in [2.24, 2.45) is 0 Å². The topological polar surface area (TPSA) is 65.5 Å². The Bertz CT molecular complexity index is 597. The van der Waals surface area contributed by atoms with Gasteiger partial charge in [-0.15, -0.1) is 0 Å². The zero-order valence-corrected chi connectivity index (χ0v) is 16.0. The highest BCUT2D eigenvalue weighted by Gasteiger charge is 2.37. The maximum atomic E-state index is 12.8. The summed E-state index contributed by atoms with van der Waals surface area (Å²) in [6.07, 6.45) is 4.69. The summed E-state index contributed by atoms with van der Waals surface area (Å²) < 4.78 is 0. The summed E-state index contributed by atoms with van der Waals surface area (Å²) >= 11 is 0. The monoisotopic (exact) mass is 346 g/mol. The first-order valence-corrected chi connectivity index (χ1v) is 9.05. The molecule has 0 bridgehead atoms. The van der Waals surface area contributed by atoms with Gasteiger partial charge in [-0.05, 0) is 51.8 Å². The van der Waals surface area contributed by atoms with Gasteiger partial charge in [-0.25, -0.2) is 4.79 Å². The molecule has 2 atom stereocenters. The van der Waals surface area contributed by atoms with Gasteiger partial charge in [0, 0.05) is 37.4 Å². The summed E-state index contributed by atoms with van der Waals surface area (Å²) in [5, 5.41) is 3.06. The number of nitrogens with one attached hydrogen (secondary N) is 1. The minimum Gasteiger partial charge on any atom is -0.336 e. The van der Waals surface area contributed by atoms with Crippen molar-refractivity contribution in [1.82, 2.24) is 20.1 Å². The number of hydrogen-bond acceptors (Lipinski definition) is 3. The second-order valence-corrected chi connectivity index (χ2v) is 7.52. The molecule has 2 heterocycles. The Morgan fingerprint density at radius 1 is 1.36 bits per heavy atom. The van der Waals surface area contributed by atoms with E-state index in [4.69, 9.17) is 0 Å². The zero-order valence-electron chi connectivity index (χ0n) is 16.0. The van der Waals surface area contributed by atoms with Crippen LogP contribution in [0.2, 0.25) is 0 Å². The van der Waals surface area contributed by atoms with Crippen molar-refractivity contribution in [3.8, 4) is 0 Å². The van der Waals surface area contributed by atoms with Gasteiger partial charge in [-0.3, -0.25) is 9.78 Å². The molecule has 6 nitrogen and oxygen atoms in total. The van der Waals surface area contributed by atoms with Gasteiger partial charge in [0.2, 0.25) is 5.91 Å². The lowest BCUT2D eigenvalue weighted by atomic mass is 10.0. The fourth-order valence-electron chi connectivity index (χ4n) is 3.44. The molecule has 2 rings (SSSR count). The molecule has 1 aromatic heterocycles. The number of likely N-dealkylation sites (tertiary alicyclic amines) is 1. The van der Waals surface area contributed by atoms with Crippen LogP contribution in [0.1, 0.15) is 59.1 Å². The summed E-state index contributed by atoms with van der Waals surface area (Å²) in [5.41, 5.74) is 0.859. The summed E-state index contributed by atoms with van der Waals surface area (Å²) in [7, 11) is 0. The Kier molecular flexibility index (Phi) is 6.03. The first-order chi connectivity index (χ1) is 11.8. The molecule has 1 N–H and O–H groups in total. The second-order valence-electron chi connectivity index (χ2n) is 7.52. The molecular weight excluding hydrogens is 316 g/mol. The maximum Gasteiger partial charge on any atom is 0.318 e. The number of hydrogen-bond donors (Lipinski definition) is 1. The van der Waals surface area contributed by atoms with E-state index in [1.807, 2.05) is 49.6 Å². The van der Waals surface area contributed by atoms with Gasteiger partial charge < -0.3 is 15.1 Å². The largest absolute Gasteiger partial charge is 0.336 e. The van der Waals surface area contributed by atoms with Gasteiger partial charge in [0.25, 0.3) is 0 Å². The molecule has 0 aliphatic carbocycles. The molecule has 25 heavy (non-hydrogen) atoms. The summed E-state index contributed by atoms with van der Waals surface area (Å²) in [4.78, 5) is 32.8. The van der Waals surface area contributed by atoms with Gasteiger partial charge in [-0.1, -0.05) is 6.92 Å². The molecule has 0 radical (unpaired) electrons. The second kappa shape index (κ2) is 7.85. The molecule has 0 saturated carbocycles. The van der Waals surface area contributed by atoms with E-state index in [0.717, 1.165) is 12.0 Å². The molecule has 1 saturated heterocycles. The molecule has 2 unspecified atom stereocenters. The Balaban J connectivity index is 2.07. The average Bonchev–Trinajstić information content (AvgIpc) is 2.93. The first kappa shape index (κ1) is 19.2. The van der Waals surface area contributed by atoms with Crippen LogP contribution in [-0.4, -0.2) is 51.4 Å². The van der Waals surface area contributed by atoms with Crippen molar-refractivity contribution >= 4 is 11.9 Å². The lowest BCUT2D eigenvalue weighted by Gasteiger charge is -2.33. The predicted molar refractivity (Wildman–Crippen MR) is 98.1 cm³/mol. The molecule has 1 aliphatic rings.